The van der Waals surface area contributed by atoms with Crippen molar-refractivity contribution < 1.29 is 19.4 Å². The Hall–Kier alpha value is -3.08. The van der Waals surface area contributed by atoms with Crippen LogP contribution in [0.2, 0.25) is 0 Å². The lowest BCUT2D eigenvalue weighted by Gasteiger charge is -2.08. The topological polar surface area (TPSA) is 75.6 Å². The van der Waals surface area contributed by atoms with E-state index in [0.717, 1.165) is 11.1 Å². The number of amides is 1. The molecule has 0 atom stereocenters. The van der Waals surface area contributed by atoms with Crippen molar-refractivity contribution in [2.45, 2.75) is 12.8 Å². The van der Waals surface area contributed by atoms with Crippen LogP contribution in [0.1, 0.15) is 12.8 Å². The van der Waals surface area contributed by atoms with E-state index in [4.69, 9.17) is 9.84 Å². The normalized spacial score (nSPS) is 10.0. The first-order valence-electron chi connectivity index (χ1n) is 7.58. The second-order valence-corrected chi connectivity index (χ2v) is 5.22. The molecule has 1 amide bonds. The SMILES string of the molecule is C=C(CCCNC(=O)Oc1cccc(-c2ccccc2)c1)C(=O)O. The molecular weight excluding hydrogens is 306 g/mol. The van der Waals surface area contributed by atoms with Gasteiger partial charge in [0, 0.05) is 12.1 Å². The van der Waals surface area contributed by atoms with Crippen molar-refractivity contribution in [3.8, 4) is 16.9 Å². The number of rotatable bonds is 7. The average Bonchev–Trinajstić information content (AvgIpc) is 2.59. The molecule has 5 nitrogen and oxygen atoms in total. The van der Waals surface area contributed by atoms with Gasteiger partial charge in [-0.05, 0) is 36.1 Å². The average molecular weight is 325 g/mol. The Bertz CT molecular complexity index is 725. The van der Waals surface area contributed by atoms with Crippen LogP contribution in [-0.2, 0) is 4.79 Å². The highest BCUT2D eigenvalue weighted by Gasteiger charge is 2.07. The van der Waals surface area contributed by atoms with Gasteiger partial charge >= 0.3 is 12.1 Å². The summed E-state index contributed by atoms with van der Waals surface area (Å²) in [5.41, 5.74) is 2.12. The maximum absolute atomic E-state index is 11.8. The fourth-order valence-corrected chi connectivity index (χ4v) is 2.11. The fourth-order valence-electron chi connectivity index (χ4n) is 2.11. The van der Waals surface area contributed by atoms with Gasteiger partial charge in [-0.15, -0.1) is 0 Å². The third kappa shape index (κ3) is 5.28. The van der Waals surface area contributed by atoms with Crippen molar-refractivity contribution in [1.29, 1.82) is 0 Å². The van der Waals surface area contributed by atoms with Crippen LogP contribution in [0.25, 0.3) is 11.1 Å². The molecule has 0 spiro atoms. The van der Waals surface area contributed by atoms with E-state index in [9.17, 15) is 9.59 Å². The summed E-state index contributed by atoms with van der Waals surface area (Å²) in [5.74, 6) is -0.570. The molecule has 5 heteroatoms. The molecule has 0 saturated carbocycles. The molecule has 2 N–H and O–H groups in total. The summed E-state index contributed by atoms with van der Waals surface area (Å²) in [6.07, 6.45) is 0.241. The molecule has 0 aromatic heterocycles. The van der Waals surface area contributed by atoms with Gasteiger partial charge in [-0.3, -0.25) is 0 Å². The largest absolute Gasteiger partial charge is 0.478 e. The van der Waals surface area contributed by atoms with E-state index in [1.54, 1.807) is 12.1 Å². The minimum Gasteiger partial charge on any atom is -0.478 e. The van der Waals surface area contributed by atoms with E-state index in [1.807, 2.05) is 42.5 Å². The zero-order valence-electron chi connectivity index (χ0n) is 13.2. The Balaban J connectivity index is 1.84. The van der Waals surface area contributed by atoms with Gasteiger partial charge in [0.1, 0.15) is 5.75 Å². The van der Waals surface area contributed by atoms with Gasteiger partial charge in [-0.1, -0.05) is 49.0 Å². The summed E-state index contributed by atoms with van der Waals surface area (Å²) in [5, 5.41) is 11.3. The van der Waals surface area contributed by atoms with Crippen LogP contribution in [0.4, 0.5) is 4.79 Å². The van der Waals surface area contributed by atoms with Crippen molar-refractivity contribution >= 4 is 12.1 Å². The Morgan fingerprint density at radius 1 is 1.04 bits per heavy atom. The van der Waals surface area contributed by atoms with Gasteiger partial charge in [0.25, 0.3) is 0 Å². The molecule has 124 valence electrons. The standard InChI is InChI=1S/C19H19NO4/c1-14(18(21)22)7-6-12-20-19(23)24-17-11-5-10-16(13-17)15-8-3-2-4-9-15/h2-5,8-11,13H,1,6-7,12H2,(H,20,23)(H,21,22). The van der Waals surface area contributed by atoms with Crippen LogP contribution in [0.5, 0.6) is 5.75 Å². The number of carboxylic acid groups (broad SMARTS) is 1. The number of carboxylic acids is 1. The fraction of sp³-hybridized carbons (Fsp3) is 0.158. The third-order valence-electron chi connectivity index (χ3n) is 3.38. The maximum atomic E-state index is 11.8. The van der Waals surface area contributed by atoms with Crippen molar-refractivity contribution in [2.75, 3.05) is 6.54 Å². The second-order valence-electron chi connectivity index (χ2n) is 5.22. The first kappa shape index (κ1) is 17.3. The molecule has 0 heterocycles. The number of aliphatic carboxylic acids is 1. The predicted octanol–water partition coefficient (Wildman–Crippen LogP) is 3.86. The summed E-state index contributed by atoms with van der Waals surface area (Å²) in [6, 6.07) is 17.1. The highest BCUT2D eigenvalue weighted by atomic mass is 16.6. The van der Waals surface area contributed by atoms with E-state index in [0.29, 0.717) is 25.1 Å². The zero-order chi connectivity index (χ0) is 17.4. The summed E-state index contributed by atoms with van der Waals surface area (Å²) >= 11 is 0. The molecule has 0 aliphatic rings. The molecular formula is C19H19NO4. The smallest absolute Gasteiger partial charge is 0.412 e. The Morgan fingerprint density at radius 3 is 2.46 bits per heavy atom. The van der Waals surface area contributed by atoms with Crippen LogP contribution in [0, 0.1) is 0 Å². The summed E-state index contributed by atoms with van der Waals surface area (Å²) in [4.78, 5) is 22.4. The summed E-state index contributed by atoms with van der Waals surface area (Å²) < 4.78 is 5.24. The Kier molecular flexibility index (Phi) is 6.14. The first-order valence-corrected chi connectivity index (χ1v) is 7.58. The zero-order valence-corrected chi connectivity index (χ0v) is 13.2. The lowest BCUT2D eigenvalue weighted by Crippen LogP contribution is -2.27. The molecule has 0 aliphatic carbocycles. The summed E-state index contributed by atoms with van der Waals surface area (Å²) in [6.45, 7) is 3.76. The third-order valence-corrected chi connectivity index (χ3v) is 3.38. The summed E-state index contributed by atoms with van der Waals surface area (Å²) in [7, 11) is 0. The minimum atomic E-state index is -1.02. The number of nitrogens with one attached hydrogen (secondary N) is 1. The quantitative estimate of drug-likeness (QED) is 0.598. The number of carbonyl (C=O) groups excluding carboxylic acids is 1. The molecule has 2 rings (SSSR count). The molecule has 0 unspecified atom stereocenters. The monoisotopic (exact) mass is 325 g/mol. The van der Waals surface area contributed by atoms with Gasteiger partial charge in [0.15, 0.2) is 0 Å². The van der Waals surface area contributed by atoms with Crippen molar-refractivity contribution in [2.24, 2.45) is 0 Å². The minimum absolute atomic E-state index is 0.126. The molecule has 0 bridgehead atoms. The van der Waals surface area contributed by atoms with E-state index in [-0.39, 0.29) is 5.57 Å². The van der Waals surface area contributed by atoms with Crippen LogP contribution in [0.3, 0.4) is 0 Å². The molecule has 2 aromatic carbocycles. The lowest BCUT2D eigenvalue weighted by atomic mass is 10.1. The van der Waals surface area contributed by atoms with Crippen LogP contribution >= 0.6 is 0 Å². The molecule has 0 radical (unpaired) electrons. The predicted molar refractivity (Wildman–Crippen MR) is 91.9 cm³/mol. The highest BCUT2D eigenvalue weighted by Crippen LogP contribution is 2.23. The number of carbonyl (C=O) groups is 2. The maximum Gasteiger partial charge on any atom is 0.412 e. The number of hydrogen-bond acceptors (Lipinski definition) is 3. The molecule has 24 heavy (non-hydrogen) atoms. The van der Waals surface area contributed by atoms with Gasteiger partial charge in [0.2, 0.25) is 0 Å². The molecule has 2 aromatic rings. The van der Waals surface area contributed by atoms with Gasteiger partial charge in [0.05, 0.1) is 0 Å². The van der Waals surface area contributed by atoms with Crippen molar-refractivity contribution in [1.82, 2.24) is 5.32 Å². The van der Waals surface area contributed by atoms with Crippen LogP contribution < -0.4 is 10.1 Å². The Morgan fingerprint density at radius 2 is 1.75 bits per heavy atom. The molecule has 0 saturated heterocycles. The first-order chi connectivity index (χ1) is 11.6. The van der Waals surface area contributed by atoms with Crippen molar-refractivity contribution in [3.05, 3.63) is 66.7 Å². The van der Waals surface area contributed by atoms with E-state index < -0.39 is 12.1 Å². The number of hydrogen-bond donors (Lipinski definition) is 2. The van der Waals surface area contributed by atoms with Gasteiger partial charge in [-0.2, -0.15) is 0 Å². The number of benzene rings is 2. The van der Waals surface area contributed by atoms with E-state index >= 15 is 0 Å². The lowest BCUT2D eigenvalue weighted by molar-refractivity contribution is -0.132. The second kappa shape index (κ2) is 8.53. The number of ether oxygens (including phenoxy) is 1. The van der Waals surface area contributed by atoms with Crippen molar-refractivity contribution in [3.63, 3.8) is 0 Å². The van der Waals surface area contributed by atoms with Gasteiger partial charge < -0.3 is 15.2 Å². The molecule has 0 aliphatic heterocycles. The van der Waals surface area contributed by atoms with E-state index in [1.165, 1.54) is 0 Å². The molecule has 0 fully saturated rings. The highest BCUT2D eigenvalue weighted by molar-refractivity contribution is 5.85. The van der Waals surface area contributed by atoms with E-state index in [2.05, 4.69) is 11.9 Å². The van der Waals surface area contributed by atoms with Gasteiger partial charge in [-0.25, -0.2) is 9.59 Å². The van der Waals surface area contributed by atoms with Crippen LogP contribution in [-0.4, -0.2) is 23.7 Å². The Labute approximate surface area is 140 Å². The van der Waals surface area contributed by atoms with Crippen LogP contribution in [0.15, 0.2) is 66.7 Å².